The quantitative estimate of drug-likeness (QED) is 0.464. The summed E-state index contributed by atoms with van der Waals surface area (Å²) < 4.78 is 1.96. The van der Waals surface area contributed by atoms with E-state index in [-0.39, 0.29) is 0 Å². The lowest BCUT2D eigenvalue weighted by Gasteiger charge is -2.12. The number of aliphatic imine (C=N–C) groups is 1. The molecule has 0 atom stereocenters. The van der Waals surface area contributed by atoms with Gasteiger partial charge in [0.15, 0.2) is 11.8 Å². The van der Waals surface area contributed by atoms with Gasteiger partial charge in [0.1, 0.15) is 5.82 Å². The van der Waals surface area contributed by atoms with Crippen LogP contribution in [-0.4, -0.2) is 27.3 Å². The third-order valence-electron chi connectivity index (χ3n) is 3.92. The molecule has 1 heterocycles. The highest BCUT2D eigenvalue weighted by Gasteiger charge is 2.06. The zero-order valence-electron chi connectivity index (χ0n) is 14.7. The van der Waals surface area contributed by atoms with Crippen LogP contribution < -0.4 is 10.6 Å². The molecule has 0 aliphatic carbocycles. The van der Waals surface area contributed by atoms with Gasteiger partial charge >= 0.3 is 0 Å². The van der Waals surface area contributed by atoms with Crippen LogP contribution in [0, 0.1) is 6.92 Å². The van der Waals surface area contributed by atoms with Crippen LogP contribution in [0.5, 0.6) is 0 Å². The molecule has 1 aromatic carbocycles. The van der Waals surface area contributed by atoms with E-state index < -0.39 is 0 Å². The second kappa shape index (κ2) is 8.86. The fraction of sp³-hybridized carbons (Fsp3) is 0.389. The number of guanidine groups is 1. The van der Waals surface area contributed by atoms with Crippen LogP contribution >= 0.6 is 0 Å². The molecule has 6 nitrogen and oxygen atoms in total. The molecule has 1 aromatic heterocycles. The van der Waals surface area contributed by atoms with Crippen molar-refractivity contribution in [3.63, 3.8) is 0 Å². The lowest BCUT2D eigenvalue weighted by Crippen LogP contribution is -2.37. The molecule has 0 unspecified atom stereocenters. The standard InChI is InChI=1S/C18H26N6/c1-5-11-19-18(21-13-17-23-22-14(3)24(17)4)20-12-16-10-8-7-9-15(16)6-2/h5,7-10H,1,6,11-13H2,2-4H3,(H2,19,20,21). The molecule has 0 radical (unpaired) electrons. The fourth-order valence-corrected chi connectivity index (χ4v) is 2.33. The molecule has 128 valence electrons. The Morgan fingerprint density at radius 2 is 2.00 bits per heavy atom. The number of nitrogens with zero attached hydrogens (tertiary/aromatic N) is 4. The normalized spacial score (nSPS) is 11.4. The number of aromatic nitrogens is 3. The maximum absolute atomic E-state index is 4.68. The molecule has 0 fully saturated rings. The highest BCUT2D eigenvalue weighted by atomic mass is 15.3. The summed E-state index contributed by atoms with van der Waals surface area (Å²) in [6.07, 6.45) is 2.82. The number of aryl methyl sites for hydroxylation is 2. The molecule has 0 aliphatic rings. The Morgan fingerprint density at radius 3 is 2.62 bits per heavy atom. The Hall–Kier alpha value is -2.63. The van der Waals surface area contributed by atoms with Gasteiger partial charge in [-0.1, -0.05) is 37.3 Å². The van der Waals surface area contributed by atoms with E-state index in [1.165, 1.54) is 11.1 Å². The molecule has 0 amide bonds. The Labute approximate surface area is 143 Å². The highest BCUT2D eigenvalue weighted by Crippen LogP contribution is 2.10. The van der Waals surface area contributed by atoms with E-state index in [4.69, 9.17) is 0 Å². The van der Waals surface area contributed by atoms with Crippen LogP contribution in [0.2, 0.25) is 0 Å². The van der Waals surface area contributed by atoms with Crippen molar-refractivity contribution in [1.29, 1.82) is 0 Å². The van der Waals surface area contributed by atoms with E-state index >= 15 is 0 Å². The topological polar surface area (TPSA) is 67.1 Å². The lowest BCUT2D eigenvalue weighted by atomic mass is 10.1. The Balaban J connectivity index is 2.06. The minimum Gasteiger partial charge on any atom is -0.353 e. The number of nitrogens with one attached hydrogen (secondary N) is 2. The van der Waals surface area contributed by atoms with Crippen LogP contribution in [0.4, 0.5) is 0 Å². The molecular formula is C18H26N6. The van der Waals surface area contributed by atoms with Gasteiger partial charge in [0.2, 0.25) is 0 Å². The van der Waals surface area contributed by atoms with Crippen molar-refractivity contribution in [3.8, 4) is 0 Å². The first-order valence-electron chi connectivity index (χ1n) is 8.20. The smallest absolute Gasteiger partial charge is 0.192 e. The van der Waals surface area contributed by atoms with Gasteiger partial charge in [-0.3, -0.25) is 0 Å². The molecule has 0 spiro atoms. The first kappa shape index (κ1) is 17.7. The molecule has 0 bridgehead atoms. The number of hydrogen-bond donors (Lipinski definition) is 2. The largest absolute Gasteiger partial charge is 0.353 e. The van der Waals surface area contributed by atoms with Crippen LogP contribution in [0.1, 0.15) is 29.7 Å². The summed E-state index contributed by atoms with van der Waals surface area (Å²) >= 11 is 0. The van der Waals surface area contributed by atoms with Crippen molar-refractivity contribution in [2.45, 2.75) is 33.4 Å². The van der Waals surface area contributed by atoms with Gasteiger partial charge in [-0.2, -0.15) is 0 Å². The lowest BCUT2D eigenvalue weighted by molar-refractivity contribution is 0.721. The zero-order chi connectivity index (χ0) is 17.4. The van der Waals surface area contributed by atoms with E-state index in [0.717, 1.165) is 24.0 Å². The summed E-state index contributed by atoms with van der Waals surface area (Å²) in [5, 5.41) is 14.8. The Bertz CT molecular complexity index is 701. The first-order chi connectivity index (χ1) is 11.7. The molecule has 0 saturated heterocycles. The third kappa shape index (κ3) is 4.68. The highest BCUT2D eigenvalue weighted by molar-refractivity contribution is 5.79. The van der Waals surface area contributed by atoms with E-state index in [1.807, 2.05) is 24.6 Å². The van der Waals surface area contributed by atoms with Crippen molar-refractivity contribution >= 4 is 5.96 Å². The predicted molar refractivity (Wildman–Crippen MR) is 97.7 cm³/mol. The van der Waals surface area contributed by atoms with Gasteiger partial charge in [0.05, 0.1) is 13.1 Å². The van der Waals surface area contributed by atoms with Crippen molar-refractivity contribution in [2.75, 3.05) is 6.54 Å². The molecule has 0 saturated carbocycles. The van der Waals surface area contributed by atoms with Gasteiger partial charge in [-0.15, -0.1) is 16.8 Å². The minimum atomic E-state index is 0.565. The summed E-state index contributed by atoms with van der Waals surface area (Å²) in [5.74, 6) is 2.50. The first-order valence-corrected chi connectivity index (χ1v) is 8.20. The van der Waals surface area contributed by atoms with Gasteiger partial charge < -0.3 is 15.2 Å². The molecule has 2 aromatic rings. The van der Waals surface area contributed by atoms with Gasteiger partial charge in [0, 0.05) is 13.6 Å². The van der Waals surface area contributed by atoms with Gasteiger partial charge in [0.25, 0.3) is 0 Å². The molecule has 24 heavy (non-hydrogen) atoms. The summed E-state index contributed by atoms with van der Waals surface area (Å²) in [7, 11) is 1.96. The molecule has 6 heteroatoms. The average Bonchev–Trinajstić information content (AvgIpc) is 2.93. The van der Waals surface area contributed by atoms with E-state index in [1.54, 1.807) is 0 Å². The summed E-state index contributed by atoms with van der Waals surface area (Å²) in [4.78, 5) is 4.68. The second-order valence-electron chi connectivity index (χ2n) is 5.53. The maximum Gasteiger partial charge on any atom is 0.192 e. The van der Waals surface area contributed by atoms with Gasteiger partial charge in [-0.05, 0) is 24.5 Å². The van der Waals surface area contributed by atoms with Crippen molar-refractivity contribution in [1.82, 2.24) is 25.4 Å². The maximum atomic E-state index is 4.68. The van der Waals surface area contributed by atoms with Crippen LogP contribution in [0.25, 0.3) is 0 Å². The van der Waals surface area contributed by atoms with Crippen LogP contribution in [0.15, 0.2) is 41.9 Å². The SMILES string of the molecule is C=CCNC(=NCc1ccccc1CC)NCc1nnc(C)n1C. The second-order valence-corrected chi connectivity index (χ2v) is 5.53. The summed E-state index contributed by atoms with van der Waals surface area (Å²) in [5.41, 5.74) is 2.57. The molecule has 0 aliphatic heterocycles. The number of rotatable bonds is 7. The van der Waals surface area contributed by atoms with Crippen LogP contribution in [0.3, 0.4) is 0 Å². The van der Waals surface area contributed by atoms with Crippen molar-refractivity contribution in [2.24, 2.45) is 12.0 Å². The zero-order valence-corrected chi connectivity index (χ0v) is 14.7. The Kier molecular flexibility index (Phi) is 6.54. The Morgan fingerprint density at radius 1 is 1.25 bits per heavy atom. The fourth-order valence-electron chi connectivity index (χ4n) is 2.33. The van der Waals surface area contributed by atoms with Gasteiger partial charge in [-0.25, -0.2) is 4.99 Å². The monoisotopic (exact) mass is 326 g/mol. The molecular weight excluding hydrogens is 300 g/mol. The van der Waals surface area contributed by atoms with E-state index in [2.05, 4.69) is 63.6 Å². The summed E-state index contributed by atoms with van der Waals surface area (Å²) in [6.45, 7) is 9.69. The average molecular weight is 326 g/mol. The minimum absolute atomic E-state index is 0.565. The molecule has 2 N–H and O–H groups in total. The number of hydrogen-bond acceptors (Lipinski definition) is 3. The van der Waals surface area contributed by atoms with E-state index in [0.29, 0.717) is 19.6 Å². The molecule has 2 rings (SSSR count). The third-order valence-corrected chi connectivity index (χ3v) is 3.92. The summed E-state index contributed by atoms with van der Waals surface area (Å²) in [6, 6.07) is 8.39. The predicted octanol–water partition coefficient (Wildman–Crippen LogP) is 2.11. The van der Waals surface area contributed by atoms with Crippen molar-refractivity contribution in [3.05, 3.63) is 59.7 Å². The number of benzene rings is 1. The van der Waals surface area contributed by atoms with E-state index in [9.17, 15) is 0 Å². The van der Waals surface area contributed by atoms with Crippen LogP contribution in [-0.2, 0) is 26.6 Å². The van der Waals surface area contributed by atoms with Crippen molar-refractivity contribution < 1.29 is 0 Å².